The highest BCUT2D eigenvalue weighted by molar-refractivity contribution is 5.77. The number of ketones is 1. The number of fused-ring (bicyclic) bond motifs is 1. The molecule has 0 amide bonds. The maximum absolute atomic E-state index is 14.3. The molecule has 29 heavy (non-hydrogen) atoms. The number of Topliss-reactive ketones (excluding diaryl/α,β-unsaturated/α-hetero) is 1. The van der Waals surface area contributed by atoms with E-state index in [0.29, 0.717) is 31.2 Å². The highest BCUT2D eigenvalue weighted by atomic mass is 19.1. The van der Waals surface area contributed by atoms with E-state index in [-0.39, 0.29) is 35.3 Å². The molecular formula is C21H30FN3O4. The molecule has 1 fully saturated rings. The van der Waals surface area contributed by atoms with Crippen LogP contribution in [-0.4, -0.2) is 45.7 Å². The first-order valence-electron chi connectivity index (χ1n) is 10.3. The van der Waals surface area contributed by atoms with Gasteiger partial charge in [-0.2, -0.15) is 14.4 Å². The van der Waals surface area contributed by atoms with Crippen LogP contribution in [0.25, 0.3) is 11.0 Å². The minimum absolute atomic E-state index is 0.0161. The van der Waals surface area contributed by atoms with Crippen LogP contribution in [0, 0.1) is 11.9 Å². The summed E-state index contributed by atoms with van der Waals surface area (Å²) in [6, 6.07) is 2.06. The van der Waals surface area contributed by atoms with E-state index in [9.17, 15) is 9.18 Å². The third-order valence-corrected chi connectivity index (χ3v) is 5.20. The molecule has 0 aromatic carbocycles. The largest absolute Gasteiger partial charge is 0.478 e. The number of ether oxygens (including phenoxy) is 3. The van der Waals surface area contributed by atoms with Gasteiger partial charge in [0.05, 0.1) is 18.2 Å². The van der Waals surface area contributed by atoms with Gasteiger partial charge in [-0.1, -0.05) is 6.92 Å². The minimum Gasteiger partial charge on any atom is -0.478 e. The third kappa shape index (κ3) is 5.44. The molecule has 1 aliphatic carbocycles. The Morgan fingerprint density at radius 3 is 2.62 bits per heavy atom. The van der Waals surface area contributed by atoms with E-state index < -0.39 is 5.95 Å². The van der Waals surface area contributed by atoms with Crippen molar-refractivity contribution in [3.8, 4) is 11.9 Å². The average Bonchev–Trinajstić information content (AvgIpc) is 2.98. The summed E-state index contributed by atoms with van der Waals surface area (Å²) in [7, 11) is 1.80. The zero-order valence-electron chi connectivity index (χ0n) is 17.6. The SMILES string of the molecule is CCOc1cc2c(nc(OC3CCC(OC[C@H](C)CC(C)=O)CC3)n2C)c(F)n1. The van der Waals surface area contributed by atoms with E-state index in [1.54, 1.807) is 24.6 Å². The van der Waals surface area contributed by atoms with Crippen LogP contribution in [0.5, 0.6) is 11.9 Å². The van der Waals surface area contributed by atoms with E-state index >= 15 is 0 Å². The fourth-order valence-corrected chi connectivity index (χ4v) is 3.75. The first-order valence-corrected chi connectivity index (χ1v) is 10.3. The molecular weight excluding hydrogens is 377 g/mol. The first kappa shape index (κ1) is 21.5. The van der Waals surface area contributed by atoms with Gasteiger partial charge in [-0.3, -0.25) is 4.57 Å². The summed E-state index contributed by atoms with van der Waals surface area (Å²) in [5.74, 6) is 0.0177. The number of hydrogen-bond acceptors (Lipinski definition) is 6. The van der Waals surface area contributed by atoms with E-state index in [1.807, 2.05) is 13.8 Å². The third-order valence-electron chi connectivity index (χ3n) is 5.20. The first-order chi connectivity index (χ1) is 13.9. The van der Waals surface area contributed by atoms with Gasteiger partial charge in [-0.25, -0.2) is 0 Å². The van der Waals surface area contributed by atoms with Crippen LogP contribution in [0.1, 0.15) is 52.9 Å². The Bertz CT molecular complexity index is 846. The second kappa shape index (κ2) is 9.52. The fraction of sp³-hybridized carbons (Fsp3) is 0.667. The Hall–Kier alpha value is -2.22. The summed E-state index contributed by atoms with van der Waals surface area (Å²) >= 11 is 0. The minimum atomic E-state index is -0.659. The quantitative estimate of drug-likeness (QED) is 0.588. The number of halogens is 1. The Labute approximate surface area is 170 Å². The van der Waals surface area contributed by atoms with Gasteiger partial charge in [0.25, 0.3) is 6.01 Å². The monoisotopic (exact) mass is 407 g/mol. The molecule has 3 rings (SSSR count). The van der Waals surface area contributed by atoms with Gasteiger partial charge in [-0.05, 0) is 45.4 Å². The van der Waals surface area contributed by atoms with Crippen LogP contribution in [0.2, 0.25) is 0 Å². The van der Waals surface area contributed by atoms with Crippen LogP contribution < -0.4 is 9.47 Å². The van der Waals surface area contributed by atoms with Gasteiger partial charge in [0, 0.05) is 26.1 Å². The molecule has 2 aromatic heterocycles. The lowest BCUT2D eigenvalue weighted by Gasteiger charge is -2.29. The van der Waals surface area contributed by atoms with E-state index in [4.69, 9.17) is 14.2 Å². The highest BCUT2D eigenvalue weighted by Gasteiger charge is 2.25. The average molecular weight is 407 g/mol. The second-order valence-corrected chi connectivity index (χ2v) is 7.87. The van der Waals surface area contributed by atoms with Crippen molar-refractivity contribution < 1.29 is 23.4 Å². The van der Waals surface area contributed by atoms with Crippen molar-refractivity contribution in [2.45, 2.75) is 65.1 Å². The van der Waals surface area contributed by atoms with Gasteiger partial charge >= 0.3 is 0 Å². The number of imidazole rings is 1. The number of nitrogens with zero attached hydrogens (tertiary/aromatic N) is 3. The Morgan fingerprint density at radius 1 is 1.28 bits per heavy atom. The molecule has 0 radical (unpaired) electrons. The molecule has 160 valence electrons. The summed E-state index contributed by atoms with van der Waals surface area (Å²) in [6.45, 7) is 6.49. The number of rotatable bonds is 9. The van der Waals surface area contributed by atoms with Crippen LogP contribution in [0.4, 0.5) is 4.39 Å². The van der Waals surface area contributed by atoms with Crippen LogP contribution in [-0.2, 0) is 16.6 Å². The molecule has 0 bridgehead atoms. The normalized spacial score (nSPS) is 20.6. The topological polar surface area (TPSA) is 75.5 Å². The van der Waals surface area contributed by atoms with Gasteiger partial charge in [-0.15, -0.1) is 0 Å². The number of aryl methyl sites for hydroxylation is 1. The predicted molar refractivity (Wildman–Crippen MR) is 107 cm³/mol. The zero-order chi connectivity index (χ0) is 21.0. The number of pyridine rings is 1. The van der Waals surface area contributed by atoms with E-state index in [1.165, 1.54) is 0 Å². The van der Waals surface area contributed by atoms with Gasteiger partial charge in [0.15, 0.2) is 0 Å². The molecule has 2 aromatic rings. The van der Waals surface area contributed by atoms with Crippen LogP contribution >= 0.6 is 0 Å². The van der Waals surface area contributed by atoms with Crippen molar-refractivity contribution in [3.05, 3.63) is 12.0 Å². The van der Waals surface area contributed by atoms with Crippen LogP contribution in [0.15, 0.2) is 6.07 Å². The van der Waals surface area contributed by atoms with Crippen molar-refractivity contribution in [1.29, 1.82) is 0 Å². The van der Waals surface area contributed by atoms with Crippen molar-refractivity contribution >= 4 is 16.8 Å². The second-order valence-electron chi connectivity index (χ2n) is 7.87. The molecule has 1 saturated carbocycles. The lowest BCUT2D eigenvalue weighted by Crippen LogP contribution is -2.30. The smallest absolute Gasteiger partial charge is 0.297 e. The Morgan fingerprint density at radius 2 is 1.97 bits per heavy atom. The number of carbonyl (C=O) groups is 1. The summed E-state index contributed by atoms with van der Waals surface area (Å²) in [5.41, 5.74) is 0.773. The number of aromatic nitrogens is 3. The van der Waals surface area contributed by atoms with Gasteiger partial charge in [0.1, 0.15) is 17.4 Å². The standard InChI is InChI=1S/C21H30FN3O4/c1-5-27-18-11-17-19(20(22)23-18)24-21(25(17)4)29-16-8-6-15(7-9-16)28-12-13(2)10-14(3)26/h11,13,15-16H,5-10,12H2,1-4H3/t13-,15?,16?/m1/s1. The number of carbonyl (C=O) groups excluding carboxylic acids is 1. The van der Waals surface area contributed by atoms with Crippen molar-refractivity contribution in [1.82, 2.24) is 14.5 Å². The van der Waals surface area contributed by atoms with Crippen molar-refractivity contribution in [2.75, 3.05) is 13.2 Å². The molecule has 0 aliphatic heterocycles. The fourth-order valence-electron chi connectivity index (χ4n) is 3.75. The van der Waals surface area contributed by atoms with E-state index in [0.717, 1.165) is 25.7 Å². The van der Waals surface area contributed by atoms with Crippen molar-refractivity contribution in [2.24, 2.45) is 13.0 Å². The summed E-state index contributed by atoms with van der Waals surface area (Å²) in [6.07, 6.45) is 4.25. The van der Waals surface area contributed by atoms with Gasteiger partial charge in [0.2, 0.25) is 11.8 Å². The van der Waals surface area contributed by atoms with Gasteiger partial charge < -0.3 is 19.0 Å². The molecule has 0 N–H and O–H groups in total. The lowest BCUT2D eigenvalue weighted by molar-refractivity contribution is -0.118. The molecule has 0 saturated heterocycles. The zero-order valence-corrected chi connectivity index (χ0v) is 17.6. The lowest BCUT2D eigenvalue weighted by atomic mass is 9.95. The van der Waals surface area contributed by atoms with E-state index in [2.05, 4.69) is 9.97 Å². The maximum atomic E-state index is 14.3. The van der Waals surface area contributed by atoms with Crippen molar-refractivity contribution in [3.63, 3.8) is 0 Å². The predicted octanol–water partition coefficient (Wildman–Crippen LogP) is 3.83. The summed E-state index contributed by atoms with van der Waals surface area (Å²) in [4.78, 5) is 19.3. The molecule has 7 nitrogen and oxygen atoms in total. The molecule has 1 aliphatic rings. The Kier molecular flexibility index (Phi) is 7.05. The summed E-state index contributed by atoms with van der Waals surface area (Å²) in [5, 5.41) is 0. The summed E-state index contributed by atoms with van der Waals surface area (Å²) < 4.78 is 33.3. The molecule has 1 atom stereocenters. The maximum Gasteiger partial charge on any atom is 0.297 e. The Balaban J connectivity index is 1.56. The number of hydrogen-bond donors (Lipinski definition) is 0. The highest BCUT2D eigenvalue weighted by Crippen LogP contribution is 2.29. The molecule has 2 heterocycles. The molecule has 0 spiro atoms. The molecule has 0 unspecified atom stereocenters. The molecule has 8 heteroatoms. The van der Waals surface area contributed by atoms with Crippen LogP contribution in [0.3, 0.4) is 0 Å².